The summed E-state index contributed by atoms with van der Waals surface area (Å²) in [5, 5.41) is 8.89. The number of rotatable bonds is 6. The summed E-state index contributed by atoms with van der Waals surface area (Å²) in [7, 11) is 0. The van der Waals surface area contributed by atoms with E-state index in [2.05, 4.69) is 16.3 Å². The molecule has 0 unspecified atom stereocenters. The minimum Gasteiger partial charge on any atom is -0.311 e. The third-order valence-electron chi connectivity index (χ3n) is 5.80. The number of para-hydroxylation sites is 1. The normalized spacial score (nSPS) is 13.7. The van der Waals surface area contributed by atoms with Crippen LogP contribution in [0.4, 0.5) is 10.1 Å². The monoisotopic (exact) mass is 458 g/mol. The first-order valence-electron chi connectivity index (χ1n) is 10.9. The molecule has 33 heavy (non-hydrogen) atoms. The van der Waals surface area contributed by atoms with Gasteiger partial charge in [-0.1, -0.05) is 72.4 Å². The first-order chi connectivity index (χ1) is 16.1. The molecule has 5 rings (SSSR count). The number of amides is 1. The molecule has 0 saturated carbocycles. The van der Waals surface area contributed by atoms with Gasteiger partial charge in [0.15, 0.2) is 11.0 Å². The molecular weight excluding hydrogens is 435 g/mol. The van der Waals surface area contributed by atoms with Gasteiger partial charge in [-0.05, 0) is 42.7 Å². The van der Waals surface area contributed by atoms with Crippen molar-refractivity contribution in [1.29, 1.82) is 0 Å². The van der Waals surface area contributed by atoms with E-state index in [4.69, 9.17) is 0 Å². The van der Waals surface area contributed by atoms with Gasteiger partial charge in [0.25, 0.3) is 0 Å². The lowest BCUT2D eigenvalue weighted by Crippen LogP contribution is -2.35. The van der Waals surface area contributed by atoms with Crippen LogP contribution in [0.1, 0.15) is 18.1 Å². The number of anilines is 1. The van der Waals surface area contributed by atoms with Gasteiger partial charge in [0, 0.05) is 12.2 Å². The average molecular weight is 459 g/mol. The fourth-order valence-corrected chi connectivity index (χ4v) is 5.03. The first kappa shape index (κ1) is 21.4. The van der Waals surface area contributed by atoms with Crippen molar-refractivity contribution in [3.63, 3.8) is 0 Å². The van der Waals surface area contributed by atoms with Gasteiger partial charge in [-0.2, -0.15) is 0 Å². The fourth-order valence-electron chi connectivity index (χ4n) is 4.12. The molecule has 4 aromatic rings. The van der Waals surface area contributed by atoms with Crippen molar-refractivity contribution >= 4 is 23.4 Å². The van der Waals surface area contributed by atoms with Gasteiger partial charge in [-0.15, -0.1) is 10.2 Å². The Morgan fingerprint density at radius 2 is 1.73 bits per heavy atom. The average Bonchev–Trinajstić information content (AvgIpc) is 3.44. The van der Waals surface area contributed by atoms with Gasteiger partial charge in [0.1, 0.15) is 5.82 Å². The number of fused-ring (bicyclic) bond motifs is 1. The van der Waals surface area contributed by atoms with Crippen molar-refractivity contribution in [3.8, 4) is 11.4 Å². The summed E-state index contributed by atoms with van der Waals surface area (Å²) in [6, 6.07) is 24.5. The second kappa shape index (κ2) is 9.19. The number of hydrogen-bond donors (Lipinski definition) is 0. The molecule has 0 spiro atoms. The summed E-state index contributed by atoms with van der Waals surface area (Å²) < 4.78 is 16.5. The second-order valence-corrected chi connectivity index (χ2v) is 9.29. The molecule has 1 atom stereocenters. The topological polar surface area (TPSA) is 51.0 Å². The van der Waals surface area contributed by atoms with Gasteiger partial charge in [0.05, 0.1) is 17.4 Å². The minimum atomic E-state index is -0.372. The number of carbonyl (C=O) groups is 1. The minimum absolute atomic E-state index is 0.0339. The lowest BCUT2D eigenvalue weighted by Gasteiger charge is -2.21. The maximum atomic E-state index is 14.6. The summed E-state index contributed by atoms with van der Waals surface area (Å²) in [5.41, 5.74) is 3.61. The number of benzene rings is 3. The summed E-state index contributed by atoms with van der Waals surface area (Å²) in [6.45, 7) is 3.05. The van der Waals surface area contributed by atoms with E-state index in [0.717, 1.165) is 17.7 Å². The number of nitrogens with zero attached hydrogens (tertiary/aromatic N) is 4. The molecule has 7 heteroatoms. The molecule has 1 aromatic heterocycles. The van der Waals surface area contributed by atoms with Crippen LogP contribution < -0.4 is 4.90 Å². The largest absolute Gasteiger partial charge is 0.311 e. The van der Waals surface area contributed by atoms with Crippen molar-refractivity contribution in [2.24, 2.45) is 0 Å². The molecule has 0 aliphatic carbocycles. The Morgan fingerprint density at radius 3 is 2.55 bits per heavy atom. The molecule has 1 amide bonds. The van der Waals surface area contributed by atoms with Crippen LogP contribution in [0.25, 0.3) is 11.4 Å². The first-order valence-corrected chi connectivity index (χ1v) is 11.8. The maximum absolute atomic E-state index is 14.6. The molecule has 0 N–H and O–H groups in total. The molecule has 5 nitrogen and oxygen atoms in total. The van der Waals surface area contributed by atoms with E-state index in [1.165, 1.54) is 23.4 Å². The number of halogens is 1. The Bertz CT molecular complexity index is 1290. The van der Waals surface area contributed by atoms with E-state index < -0.39 is 0 Å². The van der Waals surface area contributed by atoms with Crippen molar-refractivity contribution in [2.45, 2.75) is 30.3 Å². The van der Waals surface area contributed by atoms with Gasteiger partial charge < -0.3 is 4.90 Å². The number of aromatic nitrogens is 3. The molecule has 166 valence electrons. The Balaban J connectivity index is 1.45. The Kier molecular flexibility index (Phi) is 5.96. The maximum Gasteiger partial charge on any atom is 0.240 e. The van der Waals surface area contributed by atoms with Gasteiger partial charge >= 0.3 is 0 Å². The van der Waals surface area contributed by atoms with E-state index in [1.807, 2.05) is 64.9 Å². The highest BCUT2D eigenvalue weighted by atomic mass is 32.2. The van der Waals surface area contributed by atoms with Gasteiger partial charge in [-0.3, -0.25) is 9.36 Å². The van der Waals surface area contributed by atoms with Crippen LogP contribution in [0.15, 0.2) is 84.0 Å². The number of thioether (sulfide) groups is 1. The summed E-state index contributed by atoms with van der Waals surface area (Å²) in [5.74, 6) is 0.130. The summed E-state index contributed by atoms with van der Waals surface area (Å²) in [6.07, 6.45) is 0.862. The molecule has 0 saturated heterocycles. The van der Waals surface area contributed by atoms with Crippen molar-refractivity contribution in [3.05, 3.63) is 95.8 Å². The zero-order chi connectivity index (χ0) is 22.8. The second-order valence-electron chi connectivity index (χ2n) is 7.99. The number of hydrogen-bond acceptors (Lipinski definition) is 4. The van der Waals surface area contributed by atoms with Crippen molar-refractivity contribution in [2.75, 3.05) is 11.4 Å². The predicted octanol–water partition coefficient (Wildman–Crippen LogP) is 5.20. The molecule has 1 aliphatic rings. The van der Waals surface area contributed by atoms with Gasteiger partial charge in [-0.25, -0.2) is 4.39 Å². The van der Waals surface area contributed by atoms with Crippen LogP contribution in [0.5, 0.6) is 0 Å². The molecule has 0 fully saturated rings. The number of carbonyl (C=O) groups excluding carboxylic acids is 1. The smallest absolute Gasteiger partial charge is 0.240 e. The quantitative estimate of drug-likeness (QED) is 0.373. The van der Waals surface area contributed by atoms with E-state index in [1.54, 1.807) is 18.2 Å². The van der Waals surface area contributed by atoms with Crippen LogP contribution in [0.2, 0.25) is 0 Å². The van der Waals surface area contributed by atoms with E-state index in [9.17, 15) is 9.18 Å². The Labute approximate surface area is 196 Å². The Morgan fingerprint density at radius 1 is 1.00 bits per heavy atom. The third-order valence-corrected chi connectivity index (χ3v) is 6.87. The zero-order valence-electron chi connectivity index (χ0n) is 18.2. The molecular formula is C26H23FN4OS. The fraction of sp³-hybridized carbons (Fsp3) is 0.192. The third kappa shape index (κ3) is 4.28. The lowest BCUT2D eigenvalue weighted by molar-refractivity contribution is -0.117. The van der Waals surface area contributed by atoms with Crippen LogP contribution in [0, 0.1) is 5.82 Å². The predicted molar refractivity (Wildman–Crippen MR) is 129 cm³/mol. The van der Waals surface area contributed by atoms with Crippen LogP contribution in [0.3, 0.4) is 0 Å². The van der Waals surface area contributed by atoms with Crippen molar-refractivity contribution < 1.29 is 9.18 Å². The van der Waals surface area contributed by atoms with E-state index in [0.29, 0.717) is 29.6 Å². The highest BCUT2D eigenvalue weighted by Crippen LogP contribution is 2.33. The molecule has 0 bridgehead atoms. The SMILES string of the molecule is C[C@H](Sc1nnc(-c2ccccc2F)n1Cc1ccccc1)C(=O)N1CCc2ccccc21. The highest BCUT2D eigenvalue weighted by Gasteiger charge is 2.30. The van der Waals surface area contributed by atoms with Crippen LogP contribution >= 0.6 is 11.8 Å². The van der Waals surface area contributed by atoms with E-state index >= 15 is 0 Å². The molecule has 0 radical (unpaired) electrons. The summed E-state index contributed by atoms with van der Waals surface area (Å²) >= 11 is 1.36. The summed E-state index contributed by atoms with van der Waals surface area (Å²) in [4.78, 5) is 15.2. The lowest BCUT2D eigenvalue weighted by atomic mass is 10.2. The Hall–Kier alpha value is -3.45. The molecule has 2 heterocycles. The van der Waals surface area contributed by atoms with Crippen molar-refractivity contribution in [1.82, 2.24) is 14.8 Å². The molecule has 1 aliphatic heterocycles. The molecule has 3 aromatic carbocycles. The van der Waals surface area contributed by atoms with Crippen LogP contribution in [-0.2, 0) is 17.8 Å². The zero-order valence-corrected chi connectivity index (χ0v) is 19.0. The van der Waals surface area contributed by atoms with Crippen LogP contribution in [-0.4, -0.2) is 32.5 Å². The van der Waals surface area contributed by atoms with E-state index in [-0.39, 0.29) is 17.0 Å². The standard InChI is InChI=1S/C26H23FN4OS/c1-18(25(32)30-16-15-20-11-5-8-14-23(20)30)33-26-29-28-24(21-12-6-7-13-22(21)27)31(26)17-19-9-3-2-4-10-19/h2-14,18H,15-17H2,1H3/t18-/m0/s1. The van der Waals surface area contributed by atoms with Gasteiger partial charge in [0.2, 0.25) is 5.91 Å². The highest BCUT2D eigenvalue weighted by molar-refractivity contribution is 8.00.